The molecule has 3 nitrogen and oxygen atoms in total. The van der Waals surface area contributed by atoms with Gasteiger partial charge in [-0.1, -0.05) is 23.2 Å². The summed E-state index contributed by atoms with van der Waals surface area (Å²) < 4.78 is 0. The molecule has 2 N–H and O–H groups in total. The number of aromatic nitrogens is 1. The Morgan fingerprint density at radius 3 is 2.86 bits per heavy atom. The molecule has 14 heavy (non-hydrogen) atoms. The van der Waals surface area contributed by atoms with Crippen LogP contribution >= 0.6 is 23.2 Å². The van der Waals surface area contributed by atoms with Gasteiger partial charge in [0.2, 0.25) is 0 Å². The summed E-state index contributed by atoms with van der Waals surface area (Å²) in [5.41, 5.74) is 6.80. The van der Waals surface area contributed by atoms with Crippen molar-refractivity contribution in [3.63, 3.8) is 0 Å². The fourth-order valence-corrected chi connectivity index (χ4v) is 1.87. The third kappa shape index (κ3) is 1.95. The molecule has 1 saturated heterocycles. The van der Waals surface area contributed by atoms with Crippen LogP contribution in [0.3, 0.4) is 0 Å². The number of halogens is 2. The minimum atomic E-state index is 0.254. The molecule has 5 heteroatoms. The van der Waals surface area contributed by atoms with E-state index in [1.807, 2.05) is 6.07 Å². The molecule has 0 spiro atoms. The molecular weight excluding hydrogens is 221 g/mol. The number of hydrogen-bond acceptors (Lipinski definition) is 3. The SMILES string of the molecule is N[C@H]1CCN(c2cnc(Cl)c(Cl)c2)C1. The van der Waals surface area contributed by atoms with Gasteiger partial charge in [-0.15, -0.1) is 0 Å². The molecule has 1 aromatic heterocycles. The fraction of sp³-hybridized carbons (Fsp3) is 0.444. The van der Waals surface area contributed by atoms with Gasteiger partial charge in [-0.05, 0) is 12.5 Å². The highest BCUT2D eigenvalue weighted by Gasteiger charge is 2.19. The van der Waals surface area contributed by atoms with Crippen LogP contribution in [-0.2, 0) is 0 Å². The largest absolute Gasteiger partial charge is 0.369 e. The second-order valence-corrected chi connectivity index (χ2v) is 4.23. The van der Waals surface area contributed by atoms with Crippen molar-refractivity contribution >= 4 is 28.9 Å². The van der Waals surface area contributed by atoms with E-state index in [1.165, 1.54) is 0 Å². The highest BCUT2D eigenvalue weighted by atomic mass is 35.5. The Morgan fingerprint density at radius 1 is 1.50 bits per heavy atom. The van der Waals surface area contributed by atoms with Gasteiger partial charge in [0.25, 0.3) is 0 Å². The van der Waals surface area contributed by atoms with Crippen molar-refractivity contribution in [1.82, 2.24) is 4.98 Å². The summed E-state index contributed by atoms with van der Waals surface area (Å²) in [4.78, 5) is 6.17. The van der Waals surface area contributed by atoms with Gasteiger partial charge in [0.1, 0.15) is 5.15 Å². The second-order valence-electron chi connectivity index (χ2n) is 3.46. The number of nitrogens with two attached hydrogens (primary N) is 1. The van der Waals surface area contributed by atoms with E-state index in [2.05, 4.69) is 9.88 Å². The lowest BCUT2D eigenvalue weighted by Gasteiger charge is -2.17. The van der Waals surface area contributed by atoms with Crippen LogP contribution in [0, 0.1) is 0 Å². The van der Waals surface area contributed by atoms with Crippen LogP contribution in [0.4, 0.5) is 5.69 Å². The van der Waals surface area contributed by atoms with Gasteiger partial charge in [0.15, 0.2) is 0 Å². The molecule has 1 atom stereocenters. The predicted molar refractivity (Wildman–Crippen MR) is 59.1 cm³/mol. The van der Waals surface area contributed by atoms with Crippen molar-refractivity contribution in [2.75, 3.05) is 18.0 Å². The van der Waals surface area contributed by atoms with Crippen LogP contribution in [0.1, 0.15) is 6.42 Å². The van der Waals surface area contributed by atoms with Crippen LogP contribution in [0.2, 0.25) is 10.2 Å². The molecule has 0 saturated carbocycles. The molecule has 0 amide bonds. The average Bonchev–Trinajstić information content (AvgIpc) is 2.57. The Bertz CT molecular complexity index is 343. The molecule has 0 unspecified atom stereocenters. The molecule has 0 aromatic carbocycles. The van der Waals surface area contributed by atoms with Crippen LogP contribution in [-0.4, -0.2) is 24.1 Å². The summed E-state index contributed by atoms with van der Waals surface area (Å²) in [6.07, 6.45) is 2.74. The number of anilines is 1. The van der Waals surface area contributed by atoms with E-state index in [-0.39, 0.29) is 6.04 Å². The molecule has 0 radical (unpaired) electrons. The summed E-state index contributed by atoms with van der Waals surface area (Å²) in [5.74, 6) is 0. The lowest BCUT2D eigenvalue weighted by Crippen LogP contribution is -2.26. The first-order chi connectivity index (χ1) is 6.66. The lowest BCUT2D eigenvalue weighted by molar-refractivity contribution is 0.752. The number of pyridine rings is 1. The summed E-state index contributed by atoms with van der Waals surface area (Å²) in [6, 6.07) is 2.08. The summed E-state index contributed by atoms with van der Waals surface area (Å²) in [5, 5.41) is 0.837. The maximum Gasteiger partial charge on any atom is 0.147 e. The van der Waals surface area contributed by atoms with Gasteiger partial charge in [-0.2, -0.15) is 0 Å². The highest BCUT2D eigenvalue weighted by molar-refractivity contribution is 6.41. The van der Waals surface area contributed by atoms with Crippen molar-refractivity contribution in [2.45, 2.75) is 12.5 Å². The van der Waals surface area contributed by atoms with E-state index >= 15 is 0 Å². The number of hydrogen-bond donors (Lipinski definition) is 1. The fourth-order valence-electron chi connectivity index (χ4n) is 1.61. The Labute approximate surface area is 92.8 Å². The van der Waals surface area contributed by atoms with Crippen LogP contribution in [0.15, 0.2) is 12.3 Å². The van der Waals surface area contributed by atoms with E-state index in [9.17, 15) is 0 Å². The summed E-state index contributed by atoms with van der Waals surface area (Å²) in [7, 11) is 0. The molecule has 2 rings (SSSR count). The van der Waals surface area contributed by atoms with Crippen molar-refractivity contribution in [3.8, 4) is 0 Å². The van der Waals surface area contributed by atoms with E-state index in [0.717, 1.165) is 25.2 Å². The highest BCUT2D eigenvalue weighted by Crippen LogP contribution is 2.26. The number of nitrogens with zero attached hydrogens (tertiary/aromatic N) is 2. The molecular formula is C9H11Cl2N3. The predicted octanol–water partition coefficient (Wildman–Crippen LogP) is 1.93. The van der Waals surface area contributed by atoms with Gasteiger partial charge < -0.3 is 10.6 Å². The molecule has 1 aromatic rings. The zero-order chi connectivity index (χ0) is 10.1. The van der Waals surface area contributed by atoms with Crippen molar-refractivity contribution < 1.29 is 0 Å². The first-order valence-electron chi connectivity index (χ1n) is 4.48. The molecule has 1 aliphatic heterocycles. The van der Waals surface area contributed by atoms with Gasteiger partial charge in [-0.3, -0.25) is 0 Å². The van der Waals surface area contributed by atoms with Gasteiger partial charge >= 0.3 is 0 Å². The first kappa shape index (κ1) is 10.0. The topological polar surface area (TPSA) is 42.1 Å². The van der Waals surface area contributed by atoms with Crippen LogP contribution in [0.25, 0.3) is 0 Å². The maximum atomic E-state index is 5.88. The Balaban J connectivity index is 2.20. The third-order valence-electron chi connectivity index (χ3n) is 2.37. The maximum absolute atomic E-state index is 5.88. The van der Waals surface area contributed by atoms with Crippen LogP contribution < -0.4 is 10.6 Å². The minimum Gasteiger partial charge on any atom is -0.369 e. The Kier molecular flexibility index (Phi) is 2.81. The lowest BCUT2D eigenvalue weighted by atomic mass is 10.3. The van der Waals surface area contributed by atoms with Gasteiger partial charge in [0.05, 0.1) is 16.9 Å². The quantitative estimate of drug-likeness (QED) is 0.752. The van der Waals surface area contributed by atoms with Crippen molar-refractivity contribution in [1.29, 1.82) is 0 Å². The first-order valence-corrected chi connectivity index (χ1v) is 5.24. The normalized spacial score (nSPS) is 21.6. The summed E-state index contributed by atoms with van der Waals surface area (Å²) >= 11 is 11.6. The van der Waals surface area contributed by atoms with E-state index in [0.29, 0.717) is 10.2 Å². The Hall–Kier alpha value is -0.510. The Morgan fingerprint density at radius 2 is 2.29 bits per heavy atom. The smallest absolute Gasteiger partial charge is 0.147 e. The monoisotopic (exact) mass is 231 g/mol. The second kappa shape index (κ2) is 3.93. The van der Waals surface area contributed by atoms with E-state index in [1.54, 1.807) is 6.20 Å². The molecule has 1 aliphatic rings. The zero-order valence-electron chi connectivity index (χ0n) is 7.58. The molecule has 1 fully saturated rings. The molecule has 0 bridgehead atoms. The van der Waals surface area contributed by atoms with Crippen molar-refractivity contribution in [3.05, 3.63) is 22.4 Å². The zero-order valence-corrected chi connectivity index (χ0v) is 9.09. The van der Waals surface area contributed by atoms with E-state index in [4.69, 9.17) is 28.9 Å². The van der Waals surface area contributed by atoms with E-state index < -0.39 is 0 Å². The van der Waals surface area contributed by atoms with Crippen molar-refractivity contribution in [2.24, 2.45) is 5.73 Å². The number of rotatable bonds is 1. The minimum absolute atomic E-state index is 0.254. The van der Waals surface area contributed by atoms with Gasteiger partial charge in [-0.25, -0.2) is 4.98 Å². The van der Waals surface area contributed by atoms with Gasteiger partial charge in [0, 0.05) is 19.1 Å². The molecule has 2 heterocycles. The standard InChI is InChI=1S/C9H11Cl2N3/c10-8-3-7(4-13-9(8)11)14-2-1-6(12)5-14/h3-4,6H,1-2,5,12H2/t6-/m0/s1. The average molecular weight is 232 g/mol. The third-order valence-corrected chi connectivity index (χ3v) is 3.06. The van der Waals surface area contributed by atoms with Crippen LogP contribution in [0.5, 0.6) is 0 Å². The molecule has 76 valence electrons. The molecule has 0 aliphatic carbocycles. The summed E-state index contributed by atoms with van der Waals surface area (Å²) in [6.45, 7) is 1.82.